The number of rotatable bonds is 4. The van der Waals surface area contributed by atoms with Gasteiger partial charge in [-0.2, -0.15) is 0 Å². The molecule has 20 heavy (non-hydrogen) atoms. The molecule has 2 rings (SSSR count). The molecule has 2 heteroatoms. The molecule has 0 heterocycles. The minimum absolute atomic E-state index is 0.0986. The highest BCUT2D eigenvalue weighted by atomic mass is 19.1. The lowest BCUT2D eigenvalue weighted by atomic mass is 9.94. The van der Waals surface area contributed by atoms with Gasteiger partial charge >= 0.3 is 0 Å². The first-order chi connectivity index (χ1) is 9.51. The van der Waals surface area contributed by atoms with Gasteiger partial charge in [-0.15, -0.1) is 0 Å². The van der Waals surface area contributed by atoms with Gasteiger partial charge in [0.05, 0.1) is 6.04 Å². The lowest BCUT2D eigenvalue weighted by molar-refractivity contribution is 0.558. The van der Waals surface area contributed by atoms with Crippen molar-refractivity contribution in [2.24, 2.45) is 0 Å². The predicted molar refractivity (Wildman–Crippen MR) is 82.6 cm³/mol. The van der Waals surface area contributed by atoms with Gasteiger partial charge in [-0.3, -0.25) is 0 Å². The molecule has 0 bridgehead atoms. The zero-order valence-electron chi connectivity index (χ0n) is 12.6. The Morgan fingerprint density at radius 1 is 0.950 bits per heavy atom. The summed E-state index contributed by atoms with van der Waals surface area (Å²) in [4.78, 5) is 0. The highest BCUT2D eigenvalue weighted by Gasteiger charge is 2.17. The molecular weight excluding hydrogens is 249 g/mol. The Hall–Kier alpha value is -1.67. The lowest BCUT2D eigenvalue weighted by Crippen LogP contribution is -2.23. The van der Waals surface area contributed by atoms with Gasteiger partial charge in [0, 0.05) is 5.56 Å². The second kappa shape index (κ2) is 6.19. The van der Waals surface area contributed by atoms with E-state index < -0.39 is 0 Å². The van der Waals surface area contributed by atoms with E-state index in [2.05, 4.69) is 37.4 Å². The fraction of sp³-hybridized carbons (Fsp3) is 0.333. The minimum atomic E-state index is -0.152. The monoisotopic (exact) mass is 271 g/mol. The molecule has 1 N–H and O–H groups in total. The van der Waals surface area contributed by atoms with Gasteiger partial charge in [0.2, 0.25) is 0 Å². The summed E-state index contributed by atoms with van der Waals surface area (Å²) in [6.07, 6.45) is 0. The Morgan fingerprint density at radius 3 is 2.20 bits per heavy atom. The zero-order valence-corrected chi connectivity index (χ0v) is 12.6. The quantitative estimate of drug-likeness (QED) is 0.866. The fourth-order valence-electron chi connectivity index (χ4n) is 2.67. The topological polar surface area (TPSA) is 12.0 Å². The highest BCUT2D eigenvalue weighted by Crippen LogP contribution is 2.27. The van der Waals surface area contributed by atoms with Crippen LogP contribution in [-0.4, -0.2) is 6.54 Å². The van der Waals surface area contributed by atoms with Crippen molar-refractivity contribution in [3.63, 3.8) is 0 Å². The number of hydrogen-bond acceptors (Lipinski definition) is 1. The van der Waals surface area contributed by atoms with E-state index in [0.29, 0.717) is 0 Å². The first kappa shape index (κ1) is 14.7. The van der Waals surface area contributed by atoms with Crippen molar-refractivity contribution < 1.29 is 4.39 Å². The molecule has 0 radical (unpaired) electrons. The van der Waals surface area contributed by atoms with Crippen LogP contribution < -0.4 is 5.32 Å². The first-order valence-corrected chi connectivity index (χ1v) is 7.09. The largest absolute Gasteiger partial charge is 0.306 e. The van der Waals surface area contributed by atoms with E-state index in [4.69, 9.17) is 0 Å². The standard InChI is InChI=1S/C18H22FN/c1-5-20-18(15-9-13(3)8-14(4)10-15)16-11-12(2)6-7-17(16)19/h6-11,18,20H,5H2,1-4H3. The van der Waals surface area contributed by atoms with Crippen LogP contribution in [0.25, 0.3) is 0 Å². The Labute approximate surface area is 120 Å². The van der Waals surface area contributed by atoms with Crippen molar-refractivity contribution in [1.82, 2.24) is 5.32 Å². The van der Waals surface area contributed by atoms with Gasteiger partial charge in [-0.05, 0) is 38.9 Å². The fourth-order valence-corrected chi connectivity index (χ4v) is 2.67. The van der Waals surface area contributed by atoms with Crippen LogP contribution in [0.4, 0.5) is 4.39 Å². The molecule has 106 valence electrons. The molecule has 1 unspecified atom stereocenters. The van der Waals surface area contributed by atoms with Crippen molar-refractivity contribution >= 4 is 0 Å². The predicted octanol–water partition coefficient (Wildman–Crippen LogP) is 4.45. The van der Waals surface area contributed by atoms with E-state index in [0.717, 1.165) is 23.2 Å². The number of hydrogen-bond donors (Lipinski definition) is 1. The molecule has 0 aromatic heterocycles. The summed E-state index contributed by atoms with van der Waals surface area (Å²) in [7, 11) is 0. The number of nitrogens with one attached hydrogen (secondary N) is 1. The number of halogens is 1. The van der Waals surface area contributed by atoms with Crippen LogP contribution in [0.15, 0.2) is 36.4 Å². The van der Waals surface area contributed by atoms with E-state index in [1.54, 1.807) is 6.07 Å². The summed E-state index contributed by atoms with van der Waals surface area (Å²) in [5.41, 5.74) is 5.33. The lowest BCUT2D eigenvalue weighted by Gasteiger charge is -2.21. The minimum Gasteiger partial charge on any atom is -0.306 e. The third kappa shape index (κ3) is 3.26. The van der Waals surface area contributed by atoms with Gasteiger partial charge in [0.15, 0.2) is 0 Å². The Bertz CT molecular complexity index is 584. The molecule has 0 fully saturated rings. The van der Waals surface area contributed by atoms with Gasteiger partial charge in [-0.25, -0.2) is 4.39 Å². The summed E-state index contributed by atoms with van der Waals surface area (Å²) in [6, 6.07) is 11.6. The molecule has 0 aliphatic carbocycles. The average Bonchev–Trinajstić information content (AvgIpc) is 2.38. The Morgan fingerprint density at radius 2 is 1.60 bits per heavy atom. The second-order valence-corrected chi connectivity index (χ2v) is 5.44. The van der Waals surface area contributed by atoms with Crippen molar-refractivity contribution in [1.29, 1.82) is 0 Å². The molecule has 0 amide bonds. The van der Waals surface area contributed by atoms with Crippen LogP contribution in [0.5, 0.6) is 0 Å². The van der Waals surface area contributed by atoms with Gasteiger partial charge < -0.3 is 5.32 Å². The van der Waals surface area contributed by atoms with Crippen molar-refractivity contribution in [2.45, 2.75) is 33.7 Å². The summed E-state index contributed by atoms with van der Waals surface area (Å²) in [5, 5.41) is 3.40. The normalized spacial score (nSPS) is 12.4. The summed E-state index contributed by atoms with van der Waals surface area (Å²) in [5.74, 6) is -0.152. The zero-order chi connectivity index (χ0) is 14.7. The van der Waals surface area contributed by atoms with Crippen LogP contribution >= 0.6 is 0 Å². The van der Waals surface area contributed by atoms with Crippen molar-refractivity contribution in [3.05, 3.63) is 70.0 Å². The van der Waals surface area contributed by atoms with Gasteiger partial charge in [0.25, 0.3) is 0 Å². The molecule has 0 spiro atoms. The maximum absolute atomic E-state index is 14.2. The van der Waals surface area contributed by atoms with Crippen molar-refractivity contribution in [3.8, 4) is 0 Å². The third-order valence-electron chi connectivity index (χ3n) is 3.45. The summed E-state index contributed by atoms with van der Waals surface area (Å²) < 4.78 is 14.2. The molecule has 0 saturated carbocycles. The van der Waals surface area contributed by atoms with Gasteiger partial charge in [-0.1, -0.05) is 53.9 Å². The number of aryl methyl sites for hydroxylation is 3. The van der Waals surface area contributed by atoms with E-state index in [-0.39, 0.29) is 11.9 Å². The Balaban J connectivity index is 2.52. The molecule has 2 aromatic carbocycles. The smallest absolute Gasteiger partial charge is 0.128 e. The third-order valence-corrected chi connectivity index (χ3v) is 3.45. The maximum Gasteiger partial charge on any atom is 0.128 e. The molecule has 0 aliphatic rings. The molecule has 0 aliphatic heterocycles. The average molecular weight is 271 g/mol. The Kier molecular flexibility index (Phi) is 4.56. The SMILES string of the molecule is CCNC(c1cc(C)cc(C)c1)c1cc(C)ccc1F. The van der Waals surface area contributed by atoms with Gasteiger partial charge in [0.1, 0.15) is 5.82 Å². The van der Waals surface area contributed by atoms with Crippen LogP contribution in [0, 0.1) is 26.6 Å². The summed E-state index contributed by atoms with van der Waals surface area (Å²) >= 11 is 0. The highest BCUT2D eigenvalue weighted by molar-refractivity contribution is 5.38. The van der Waals surface area contributed by atoms with Crippen LogP contribution in [0.1, 0.15) is 40.8 Å². The van der Waals surface area contributed by atoms with Crippen LogP contribution in [0.3, 0.4) is 0 Å². The molecular formula is C18H22FN. The molecule has 1 nitrogen and oxygen atoms in total. The molecule has 0 saturated heterocycles. The molecule has 1 atom stereocenters. The van der Waals surface area contributed by atoms with Crippen LogP contribution in [0.2, 0.25) is 0 Å². The van der Waals surface area contributed by atoms with Crippen LogP contribution in [-0.2, 0) is 0 Å². The van der Waals surface area contributed by atoms with E-state index in [1.165, 1.54) is 11.1 Å². The van der Waals surface area contributed by atoms with E-state index in [9.17, 15) is 4.39 Å². The van der Waals surface area contributed by atoms with Crippen molar-refractivity contribution in [2.75, 3.05) is 6.54 Å². The number of benzene rings is 2. The first-order valence-electron chi connectivity index (χ1n) is 7.09. The van der Waals surface area contributed by atoms with E-state index >= 15 is 0 Å². The maximum atomic E-state index is 14.2. The second-order valence-electron chi connectivity index (χ2n) is 5.44. The van der Waals surface area contributed by atoms with E-state index in [1.807, 2.05) is 26.0 Å². The molecule has 2 aromatic rings. The summed E-state index contributed by atoms with van der Waals surface area (Å²) in [6.45, 7) is 8.99.